The first-order chi connectivity index (χ1) is 10.4. The summed E-state index contributed by atoms with van der Waals surface area (Å²) in [6.45, 7) is 4.33. The molecule has 0 fully saturated rings. The summed E-state index contributed by atoms with van der Waals surface area (Å²) in [5.41, 5.74) is 2.97. The Bertz CT molecular complexity index is 578. The summed E-state index contributed by atoms with van der Waals surface area (Å²) in [6.07, 6.45) is -1.58. The standard InChI is InChI=1S/C19H21F3/c1-14(2)17-10-6-15(7-11-17)4-3-5-16-8-12-18(13-9-16)19(20,21)22/h6-14H,3-5H2,1-2H3. The highest BCUT2D eigenvalue weighted by Gasteiger charge is 2.29. The highest BCUT2D eigenvalue weighted by Crippen LogP contribution is 2.29. The lowest BCUT2D eigenvalue weighted by Gasteiger charge is -2.08. The summed E-state index contributed by atoms with van der Waals surface area (Å²) < 4.78 is 37.4. The summed E-state index contributed by atoms with van der Waals surface area (Å²) in [5, 5.41) is 0. The third-order valence-electron chi connectivity index (χ3n) is 3.86. The largest absolute Gasteiger partial charge is 0.416 e. The minimum atomic E-state index is -4.25. The third-order valence-corrected chi connectivity index (χ3v) is 3.86. The van der Waals surface area contributed by atoms with E-state index in [1.54, 1.807) is 12.1 Å². The van der Waals surface area contributed by atoms with Gasteiger partial charge < -0.3 is 0 Å². The Morgan fingerprint density at radius 2 is 1.23 bits per heavy atom. The molecule has 0 unspecified atom stereocenters. The van der Waals surface area contributed by atoms with E-state index in [9.17, 15) is 13.2 Å². The maximum atomic E-state index is 12.5. The Labute approximate surface area is 130 Å². The van der Waals surface area contributed by atoms with Crippen LogP contribution in [0.5, 0.6) is 0 Å². The van der Waals surface area contributed by atoms with Gasteiger partial charge in [0.05, 0.1) is 5.56 Å². The number of aryl methyl sites for hydroxylation is 2. The van der Waals surface area contributed by atoms with Crippen LogP contribution in [0.3, 0.4) is 0 Å². The lowest BCUT2D eigenvalue weighted by molar-refractivity contribution is -0.137. The Balaban J connectivity index is 1.86. The van der Waals surface area contributed by atoms with Crippen molar-refractivity contribution < 1.29 is 13.2 Å². The van der Waals surface area contributed by atoms with Gasteiger partial charge in [-0.05, 0) is 54.0 Å². The van der Waals surface area contributed by atoms with Crippen molar-refractivity contribution in [2.24, 2.45) is 0 Å². The smallest absolute Gasteiger partial charge is 0.166 e. The van der Waals surface area contributed by atoms with Crippen molar-refractivity contribution >= 4 is 0 Å². The van der Waals surface area contributed by atoms with Crippen molar-refractivity contribution in [1.29, 1.82) is 0 Å². The van der Waals surface area contributed by atoms with Crippen LogP contribution in [0.4, 0.5) is 13.2 Å². The van der Waals surface area contributed by atoms with Crippen LogP contribution in [-0.2, 0) is 19.0 Å². The molecule has 0 aliphatic rings. The summed E-state index contributed by atoms with van der Waals surface area (Å²) in [5.74, 6) is 0.529. The van der Waals surface area contributed by atoms with Gasteiger partial charge >= 0.3 is 6.18 Å². The molecule has 0 bridgehead atoms. The minimum absolute atomic E-state index is 0.529. The molecule has 0 spiro atoms. The molecule has 0 N–H and O–H groups in total. The highest BCUT2D eigenvalue weighted by molar-refractivity contribution is 5.26. The molecule has 0 amide bonds. The lowest BCUT2D eigenvalue weighted by Crippen LogP contribution is -2.04. The van der Waals surface area contributed by atoms with Crippen LogP contribution >= 0.6 is 0 Å². The number of hydrogen-bond donors (Lipinski definition) is 0. The molecule has 22 heavy (non-hydrogen) atoms. The average Bonchev–Trinajstić information content (AvgIpc) is 2.47. The molecule has 2 aromatic carbocycles. The monoisotopic (exact) mass is 306 g/mol. The van der Waals surface area contributed by atoms with Crippen LogP contribution in [-0.4, -0.2) is 0 Å². The van der Waals surface area contributed by atoms with E-state index in [1.807, 2.05) is 0 Å². The molecule has 0 saturated heterocycles. The van der Waals surface area contributed by atoms with Crippen LogP contribution in [0.15, 0.2) is 48.5 Å². The first-order valence-corrected chi connectivity index (χ1v) is 7.61. The van der Waals surface area contributed by atoms with E-state index < -0.39 is 11.7 Å². The van der Waals surface area contributed by atoms with Crippen LogP contribution < -0.4 is 0 Å². The lowest BCUT2D eigenvalue weighted by atomic mass is 9.99. The van der Waals surface area contributed by atoms with Crippen LogP contribution in [0.1, 0.15) is 48.4 Å². The number of rotatable bonds is 5. The van der Waals surface area contributed by atoms with Crippen LogP contribution in [0, 0.1) is 0 Å². The molecule has 118 valence electrons. The molecule has 0 aliphatic carbocycles. The van der Waals surface area contributed by atoms with Gasteiger partial charge in [-0.25, -0.2) is 0 Å². The molecule has 0 heterocycles. The predicted octanol–water partition coefficient (Wildman–Crippen LogP) is 6.00. The van der Waals surface area contributed by atoms with Crippen molar-refractivity contribution in [2.45, 2.75) is 45.2 Å². The number of halogens is 3. The summed E-state index contributed by atoms with van der Waals surface area (Å²) >= 11 is 0. The molecule has 2 rings (SSSR count). The quantitative estimate of drug-likeness (QED) is 0.635. The molecular weight excluding hydrogens is 285 g/mol. The van der Waals surface area contributed by atoms with Gasteiger partial charge in [0.25, 0.3) is 0 Å². The second-order valence-electron chi connectivity index (χ2n) is 5.94. The Kier molecular flexibility index (Phi) is 5.28. The number of alkyl halides is 3. The van der Waals surface area contributed by atoms with Gasteiger partial charge in [0, 0.05) is 0 Å². The van der Waals surface area contributed by atoms with Crippen molar-refractivity contribution in [3.05, 3.63) is 70.8 Å². The molecule has 0 nitrogen and oxygen atoms in total. The van der Waals surface area contributed by atoms with Gasteiger partial charge in [-0.3, -0.25) is 0 Å². The van der Waals surface area contributed by atoms with Gasteiger partial charge in [-0.15, -0.1) is 0 Å². The van der Waals surface area contributed by atoms with Gasteiger partial charge in [0.2, 0.25) is 0 Å². The van der Waals surface area contributed by atoms with E-state index in [2.05, 4.69) is 38.1 Å². The SMILES string of the molecule is CC(C)c1ccc(CCCc2ccc(C(F)(F)F)cc2)cc1. The van der Waals surface area contributed by atoms with Crippen molar-refractivity contribution in [3.63, 3.8) is 0 Å². The van der Waals surface area contributed by atoms with E-state index in [0.29, 0.717) is 5.92 Å². The van der Waals surface area contributed by atoms with Gasteiger partial charge in [-0.1, -0.05) is 50.2 Å². The number of hydrogen-bond acceptors (Lipinski definition) is 0. The zero-order valence-electron chi connectivity index (χ0n) is 13.0. The van der Waals surface area contributed by atoms with Gasteiger partial charge in [-0.2, -0.15) is 13.2 Å². The second kappa shape index (κ2) is 6.99. The highest BCUT2D eigenvalue weighted by atomic mass is 19.4. The molecule has 0 saturated carbocycles. The van der Waals surface area contributed by atoms with E-state index in [4.69, 9.17) is 0 Å². The average molecular weight is 306 g/mol. The van der Waals surface area contributed by atoms with Gasteiger partial charge in [0.15, 0.2) is 0 Å². The fourth-order valence-corrected chi connectivity index (χ4v) is 2.43. The molecule has 0 radical (unpaired) electrons. The van der Waals surface area contributed by atoms with Gasteiger partial charge in [0.1, 0.15) is 0 Å². The second-order valence-corrected chi connectivity index (χ2v) is 5.94. The first-order valence-electron chi connectivity index (χ1n) is 7.61. The zero-order valence-corrected chi connectivity index (χ0v) is 13.0. The summed E-state index contributed by atoms with van der Waals surface area (Å²) in [7, 11) is 0. The molecule has 3 heteroatoms. The van der Waals surface area contributed by atoms with Crippen molar-refractivity contribution in [2.75, 3.05) is 0 Å². The zero-order chi connectivity index (χ0) is 16.2. The Hall–Kier alpha value is -1.77. The fourth-order valence-electron chi connectivity index (χ4n) is 2.43. The normalized spacial score (nSPS) is 11.9. The van der Waals surface area contributed by atoms with E-state index in [1.165, 1.54) is 11.1 Å². The first kappa shape index (κ1) is 16.6. The van der Waals surface area contributed by atoms with Crippen LogP contribution in [0.2, 0.25) is 0 Å². The summed E-state index contributed by atoms with van der Waals surface area (Å²) in [6, 6.07) is 14.1. The Morgan fingerprint density at radius 3 is 1.64 bits per heavy atom. The topological polar surface area (TPSA) is 0 Å². The summed E-state index contributed by atoms with van der Waals surface area (Å²) in [4.78, 5) is 0. The van der Waals surface area contributed by atoms with Crippen LogP contribution in [0.25, 0.3) is 0 Å². The minimum Gasteiger partial charge on any atom is -0.166 e. The van der Waals surface area contributed by atoms with E-state index in [-0.39, 0.29) is 0 Å². The maximum absolute atomic E-state index is 12.5. The van der Waals surface area contributed by atoms with Crippen molar-refractivity contribution in [3.8, 4) is 0 Å². The molecule has 0 atom stereocenters. The van der Waals surface area contributed by atoms with E-state index in [0.717, 1.165) is 37.0 Å². The van der Waals surface area contributed by atoms with Crippen molar-refractivity contribution in [1.82, 2.24) is 0 Å². The molecular formula is C19H21F3. The predicted molar refractivity (Wildman–Crippen MR) is 84.0 cm³/mol. The molecule has 0 aliphatic heterocycles. The Morgan fingerprint density at radius 1 is 0.773 bits per heavy atom. The third kappa shape index (κ3) is 4.62. The van der Waals surface area contributed by atoms with E-state index >= 15 is 0 Å². The molecule has 0 aromatic heterocycles. The maximum Gasteiger partial charge on any atom is 0.416 e. The molecule has 2 aromatic rings. The fraction of sp³-hybridized carbons (Fsp3) is 0.368. The number of benzene rings is 2.